The standard InChI is InChI=1S/C16H20N4S/c1-11(2)20-9-7-12(10-20)15-14(18-16(21)19(15)3)13-6-4-5-8-17-13/h4-11,14-15H,1-3H3,(H,18,21)/t14-,15+/m0/s1. The van der Waals surface area contributed by atoms with Gasteiger partial charge in [0.25, 0.3) is 0 Å². The maximum Gasteiger partial charge on any atom is 0.169 e. The van der Waals surface area contributed by atoms with Crippen molar-refractivity contribution < 1.29 is 0 Å². The van der Waals surface area contributed by atoms with Gasteiger partial charge in [0, 0.05) is 31.7 Å². The molecule has 0 amide bonds. The lowest BCUT2D eigenvalue weighted by Crippen LogP contribution is -2.24. The van der Waals surface area contributed by atoms with E-state index in [1.807, 2.05) is 31.4 Å². The van der Waals surface area contributed by atoms with Crippen molar-refractivity contribution in [2.24, 2.45) is 0 Å². The molecule has 110 valence electrons. The van der Waals surface area contributed by atoms with Crippen molar-refractivity contribution >= 4 is 17.3 Å². The van der Waals surface area contributed by atoms with Crippen LogP contribution in [0, 0.1) is 0 Å². The van der Waals surface area contributed by atoms with Crippen molar-refractivity contribution in [1.82, 2.24) is 19.8 Å². The van der Waals surface area contributed by atoms with E-state index in [0.717, 1.165) is 10.8 Å². The first-order chi connectivity index (χ1) is 10.1. The highest BCUT2D eigenvalue weighted by molar-refractivity contribution is 7.80. The Bertz CT molecular complexity index is 635. The molecule has 0 spiro atoms. The summed E-state index contributed by atoms with van der Waals surface area (Å²) in [5.41, 5.74) is 2.28. The summed E-state index contributed by atoms with van der Waals surface area (Å²) >= 11 is 5.43. The molecule has 4 nitrogen and oxygen atoms in total. The molecular weight excluding hydrogens is 280 g/mol. The minimum absolute atomic E-state index is 0.0895. The number of hydrogen-bond acceptors (Lipinski definition) is 2. The van der Waals surface area contributed by atoms with E-state index in [1.54, 1.807) is 0 Å². The predicted octanol–water partition coefficient (Wildman–Crippen LogP) is 3.07. The lowest BCUT2D eigenvalue weighted by atomic mass is 9.99. The van der Waals surface area contributed by atoms with E-state index in [0.29, 0.717) is 6.04 Å². The van der Waals surface area contributed by atoms with Gasteiger partial charge in [0.2, 0.25) is 0 Å². The molecule has 0 unspecified atom stereocenters. The molecule has 1 N–H and O–H groups in total. The van der Waals surface area contributed by atoms with Gasteiger partial charge in [-0.1, -0.05) is 6.07 Å². The number of nitrogens with zero attached hydrogens (tertiary/aromatic N) is 3. The molecule has 0 bridgehead atoms. The highest BCUT2D eigenvalue weighted by Crippen LogP contribution is 2.37. The van der Waals surface area contributed by atoms with Crippen molar-refractivity contribution in [2.45, 2.75) is 32.0 Å². The van der Waals surface area contributed by atoms with Crippen molar-refractivity contribution in [3.8, 4) is 0 Å². The normalized spacial score (nSPS) is 21.9. The third-order valence-corrected chi connectivity index (χ3v) is 4.42. The van der Waals surface area contributed by atoms with Crippen LogP contribution < -0.4 is 5.32 Å². The quantitative estimate of drug-likeness (QED) is 0.883. The Balaban J connectivity index is 1.98. The monoisotopic (exact) mass is 300 g/mol. The average molecular weight is 300 g/mol. The van der Waals surface area contributed by atoms with E-state index < -0.39 is 0 Å². The molecule has 0 radical (unpaired) electrons. The topological polar surface area (TPSA) is 33.1 Å². The molecular formula is C16H20N4S. The highest BCUT2D eigenvalue weighted by Gasteiger charge is 2.37. The molecule has 1 saturated heterocycles. The third kappa shape index (κ3) is 2.53. The van der Waals surface area contributed by atoms with Crippen LogP contribution in [0.2, 0.25) is 0 Å². The zero-order valence-corrected chi connectivity index (χ0v) is 13.3. The van der Waals surface area contributed by atoms with Gasteiger partial charge in [0.05, 0.1) is 17.8 Å². The summed E-state index contributed by atoms with van der Waals surface area (Å²) in [7, 11) is 2.04. The summed E-state index contributed by atoms with van der Waals surface area (Å²) in [6, 6.07) is 8.89. The Morgan fingerprint density at radius 1 is 1.29 bits per heavy atom. The Hall–Kier alpha value is -1.88. The molecule has 1 fully saturated rings. The number of rotatable bonds is 3. The maximum absolute atomic E-state index is 5.43. The van der Waals surface area contributed by atoms with Crippen LogP contribution >= 0.6 is 12.2 Å². The van der Waals surface area contributed by atoms with E-state index in [-0.39, 0.29) is 12.1 Å². The molecule has 5 heteroatoms. The molecule has 1 aliphatic rings. The summed E-state index contributed by atoms with van der Waals surface area (Å²) < 4.78 is 2.22. The van der Waals surface area contributed by atoms with Crippen LogP contribution in [-0.4, -0.2) is 26.6 Å². The van der Waals surface area contributed by atoms with Crippen LogP contribution in [0.4, 0.5) is 0 Å². The summed E-state index contributed by atoms with van der Waals surface area (Å²) in [4.78, 5) is 6.61. The number of thiocarbonyl (C=S) groups is 1. The second-order valence-electron chi connectivity index (χ2n) is 5.72. The van der Waals surface area contributed by atoms with Crippen LogP contribution in [-0.2, 0) is 0 Å². The van der Waals surface area contributed by atoms with Crippen molar-refractivity contribution in [3.05, 3.63) is 54.1 Å². The van der Waals surface area contributed by atoms with Gasteiger partial charge in [-0.25, -0.2) is 0 Å². The first kappa shape index (κ1) is 14.1. The zero-order valence-electron chi connectivity index (χ0n) is 12.5. The van der Waals surface area contributed by atoms with Crippen LogP contribution in [0.15, 0.2) is 42.9 Å². The number of pyridine rings is 1. The SMILES string of the molecule is CC(C)n1ccc([C@@H]2[C@H](c3ccccn3)NC(=S)N2C)c1. The minimum atomic E-state index is 0.0895. The van der Waals surface area contributed by atoms with Crippen LogP contribution in [0.3, 0.4) is 0 Å². The van der Waals surface area contributed by atoms with Crippen molar-refractivity contribution in [1.29, 1.82) is 0 Å². The van der Waals surface area contributed by atoms with E-state index in [9.17, 15) is 0 Å². The molecule has 3 rings (SSSR count). The minimum Gasteiger partial charge on any atom is -0.352 e. The van der Waals surface area contributed by atoms with Gasteiger partial charge < -0.3 is 14.8 Å². The fourth-order valence-electron chi connectivity index (χ4n) is 2.80. The highest BCUT2D eigenvalue weighted by atomic mass is 32.1. The molecule has 1 aliphatic heterocycles. The van der Waals surface area contributed by atoms with E-state index in [4.69, 9.17) is 12.2 Å². The second-order valence-corrected chi connectivity index (χ2v) is 6.11. The molecule has 2 atom stereocenters. The van der Waals surface area contributed by atoms with Gasteiger partial charge in [0.15, 0.2) is 5.11 Å². The van der Waals surface area contributed by atoms with Crippen LogP contribution in [0.5, 0.6) is 0 Å². The second kappa shape index (κ2) is 5.48. The van der Waals surface area contributed by atoms with E-state index in [1.165, 1.54) is 5.56 Å². The summed E-state index contributed by atoms with van der Waals surface area (Å²) in [5.74, 6) is 0. The third-order valence-electron chi connectivity index (χ3n) is 4.01. The number of aromatic nitrogens is 2. The average Bonchev–Trinajstić information content (AvgIpc) is 3.06. The lowest BCUT2D eigenvalue weighted by Gasteiger charge is -2.23. The Morgan fingerprint density at radius 2 is 2.10 bits per heavy atom. The zero-order chi connectivity index (χ0) is 15.0. The number of hydrogen-bond donors (Lipinski definition) is 1. The van der Waals surface area contributed by atoms with Crippen molar-refractivity contribution in [3.63, 3.8) is 0 Å². The van der Waals surface area contributed by atoms with E-state index in [2.05, 4.69) is 52.1 Å². The summed E-state index contributed by atoms with van der Waals surface area (Å²) in [6.07, 6.45) is 6.16. The molecule has 0 aliphatic carbocycles. The van der Waals surface area contributed by atoms with E-state index >= 15 is 0 Å². The Morgan fingerprint density at radius 3 is 2.71 bits per heavy atom. The van der Waals surface area contributed by atoms with Crippen LogP contribution in [0.1, 0.15) is 43.2 Å². The van der Waals surface area contributed by atoms with Gasteiger partial charge in [0.1, 0.15) is 0 Å². The largest absolute Gasteiger partial charge is 0.352 e. The number of nitrogens with one attached hydrogen (secondary N) is 1. The fourth-order valence-corrected chi connectivity index (χ4v) is 3.04. The molecule has 2 aromatic heterocycles. The van der Waals surface area contributed by atoms with Crippen molar-refractivity contribution in [2.75, 3.05) is 7.05 Å². The van der Waals surface area contributed by atoms with Gasteiger partial charge in [-0.05, 0) is 49.8 Å². The van der Waals surface area contributed by atoms with Gasteiger partial charge in [-0.3, -0.25) is 4.98 Å². The summed E-state index contributed by atoms with van der Waals surface area (Å²) in [6.45, 7) is 4.36. The first-order valence-electron chi connectivity index (χ1n) is 7.19. The smallest absolute Gasteiger partial charge is 0.169 e. The Labute approximate surface area is 130 Å². The number of likely N-dealkylation sites (N-methyl/N-ethyl adjacent to an activating group) is 1. The molecule has 21 heavy (non-hydrogen) atoms. The summed E-state index contributed by atoms with van der Waals surface area (Å²) in [5, 5.41) is 4.16. The predicted molar refractivity (Wildman–Crippen MR) is 88.0 cm³/mol. The molecule has 0 saturated carbocycles. The molecule has 3 heterocycles. The van der Waals surface area contributed by atoms with Gasteiger partial charge in [-0.15, -0.1) is 0 Å². The van der Waals surface area contributed by atoms with Crippen LogP contribution in [0.25, 0.3) is 0 Å². The van der Waals surface area contributed by atoms with Gasteiger partial charge in [-0.2, -0.15) is 0 Å². The maximum atomic E-state index is 5.43. The fraction of sp³-hybridized carbons (Fsp3) is 0.375. The Kier molecular flexibility index (Phi) is 3.68. The molecule has 0 aromatic carbocycles. The lowest BCUT2D eigenvalue weighted by molar-refractivity contribution is 0.368. The first-order valence-corrected chi connectivity index (χ1v) is 7.60. The molecule has 2 aromatic rings. The van der Waals surface area contributed by atoms with Gasteiger partial charge >= 0.3 is 0 Å².